The fourth-order valence-corrected chi connectivity index (χ4v) is 1.98. The van der Waals surface area contributed by atoms with Crippen LogP contribution in [0.15, 0.2) is 22.7 Å². The van der Waals surface area contributed by atoms with Gasteiger partial charge in [0.2, 0.25) is 5.91 Å². The lowest BCUT2D eigenvalue weighted by Gasteiger charge is -2.16. The Morgan fingerprint density at radius 2 is 2.11 bits per heavy atom. The number of rotatable bonds is 7. The Hall–Kier alpha value is -1.27. The molecule has 0 aromatic heterocycles. The average Bonchev–Trinajstić information content (AvgIpc) is 2.38. The van der Waals surface area contributed by atoms with Crippen LogP contribution in [0.4, 0.5) is 5.69 Å². The normalized spacial score (nSPS) is 11.8. The van der Waals surface area contributed by atoms with E-state index >= 15 is 0 Å². The Morgan fingerprint density at radius 3 is 2.74 bits per heavy atom. The molecule has 0 heterocycles. The molecule has 0 saturated heterocycles. The third-order valence-corrected chi connectivity index (χ3v) is 2.95. The summed E-state index contributed by atoms with van der Waals surface area (Å²) in [5, 5.41) is 5.90. The number of methoxy groups -OCH3 is 2. The van der Waals surface area contributed by atoms with Gasteiger partial charge in [-0.2, -0.15) is 0 Å². The van der Waals surface area contributed by atoms with Crippen molar-refractivity contribution in [2.45, 2.75) is 13.0 Å². The average molecular weight is 331 g/mol. The summed E-state index contributed by atoms with van der Waals surface area (Å²) in [5.41, 5.74) is 0.820. The summed E-state index contributed by atoms with van der Waals surface area (Å²) < 4.78 is 10.9. The summed E-state index contributed by atoms with van der Waals surface area (Å²) in [6.07, 6.45) is 0. The summed E-state index contributed by atoms with van der Waals surface area (Å²) in [4.78, 5) is 11.8. The zero-order valence-electron chi connectivity index (χ0n) is 11.3. The number of benzene rings is 1. The molecule has 19 heavy (non-hydrogen) atoms. The molecule has 0 aliphatic heterocycles. The predicted molar refractivity (Wildman–Crippen MR) is 78.7 cm³/mol. The van der Waals surface area contributed by atoms with Crippen LogP contribution in [-0.2, 0) is 9.53 Å². The Bertz CT molecular complexity index is 426. The van der Waals surface area contributed by atoms with E-state index in [-0.39, 0.29) is 11.9 Å². The van der Waals surface area contributed by atoms with E-state index in [2.05, 4.69) is 26.6 Å². The number of carbonyl (C=O) groups is 1. The first kappa shape index (κ1) is 15.8. The third-order valence-electron chi connectivity index (χ3n) is 2.49. The molecular weight excluding hydrogens is 312 g/mol. The van der Waals surface area contributed by atoms with Gasteiger partial charge in [-0.25, -0.2) is 0 Å². The summed E-state index contributed by atoms with van der Waals surface area (Å²) in [6, 6.07) is 5.25. The highest BCUT2D eigenvalue weighted by molar-refractivity contribution is 9.10. The van der Waals surface area contributed by atoms with Crippen molar-refractivity contribution in [3.8, 4) is 5.75 Å². The molecule has 5 nitrogen and oxygen atoms in total. The molecule has 1 amide bonds. The van der Waals surface area contributed by atoms with Crippen molar-refractivity contribution in [3.63, 3.8) is 0 Å². The van der Waals surface area contributed by atoms with Gasteiger partial charge in [-0.3, -0.25) is 4.79 Å². The third kappa shape index (κ3) is 5.48. The first-order valence-electron chi connectivity index (χ1n) is 5.94. The van der Waals surface area contributed by atoms with E-state index in [0.717, 1.165) is 15.9 Å². The molecule has 1 aromatic carbocycles. The van der Waals surface area contributed by atoms with Crippen LogP contribution < -0.4 is 15.4 Å². The SMILES string of the molecule is COCCNC(=O)C(C)Nc1cc(Br)cc(OC)c1. The van der Waals surface area contributed by atoms with Crippen LogP contribution in [0.3, 0.4) is 0 Å². The molecular formula is C13H19BrN2O3. The van der Waals surface area contributed by atoms with Crippen molar-refractivity contribution in [2.75, 3.05) is 32.7 Å². The highest BCUT2D eigenvalue weighted by Crippen LogP contribution is 2.24. The predicted octanol–water partition coefficient (Wildman–Crippen LogP) is 2.02. The van der Waals surface area contributed by atoms with Crippen molar-refractivity contribution in [1.29, 1.82) is 0 Å². The first-order valence-corrected chi connectivity index (χ1v) is 6.74. The largest absolute Gasteiger partial charge is 0.497 e. The van der Waals surface area contributed by atoms with Crippen molar-refractivity contribution in [3.05, 3.63) is 22.7 Å². The van der Waals surface area contributed by atoms with Gasteiger partial charge in [0, 0.05) is 29.9 Å². The second-order valence-electron chi connectivity index (χ2n) is 4.03. The summed E-state index contributed by atoms with van der Waals surface area (Å²) in [6.45, 7) is 2.81. The molecule has 1 unspecified atom stereocenters. The van der Waals surface area contributed by atoms with E-state index in [1.54, 1.807) is 21.1 Å². The highest BCUT2D eigenvalue weighted by atomic mass is 79.9. The van der Waals surface area contributed by atoms with Gasteiger partial charge in [0.1, 0.15) is 11.8 Å². The number of amides is 1. The Balaban J connectivity index is 2.58. The van der Waals surface area contributed by atoms with E-state index in [1.807, 2.05) is 18.2 Å². The van der Waals surface area contributed by atoms with Crippen LogP contribution in [0.5, 0.6) is 5.75 Å². The van der Waals surface area contributed by atoms with Gasteiger partial charge in [-0.1, -0.05) is 15.9 Å². The molecule has 0 radical (unpaired) electrons. The molecule has 0 spiro atoms. The minimum atomic E-state index is -0.337. The highest BCUT2D eigenvalue weighted by Gasteiger charge is 2.12. The van der Waals surface area contributed by atoms with Gasteiger partial charge in [0.15, 0.2) is 0 Å². The number of anilines is 1. The van der Waals surface area contributed by atoms with Crippen LogP contribution in [0, 0.1) is 0 Å². The van der Waals surface area contributed by atoms with Gasteiger partial charge in [-0.15, -0.1) is 0 Å². The lowest BCUT2D eigenvalue weighted by molar-refractivity contribution is -0.121. The first-order chi connectivity index (χ1) is 9.06. The zero-order valence-corrected chi connectivity index (χ0v) is 12.9. The summed E-state index contributed by atoms with van der Waals surface area (Å²) >= 11 is 3.39. The van der Waals surface area contributed by atoms with E-state index in [9.17, 15) is 4.79 Å². The number of ether oxygens (including phenoxy) is 2. The van der Waals surface area contributed by atoms with Gasteiger partial charge in [0.25, 0.3) is 0 Å². The summed E-state index contributed by atoms with van der Waals surface area (Å²) in [5.74, 6) is 0.653. The fraction of sp³-hybridized carbons (Fsp3) is 0.462. The molecule has 6 heteroatoms. The molecule has 0 fully saturated rings. The van der Waals surface area contributed by atoms with Gasteiger partial charge in [-0.05, 0) is 19.1 Å². The monoisotopic (exact) mass is 330 g/mol. The standard InChI is InChI=1S/C13H19BrN2O3/c1-9(13(17)15-4-5-18-2)16-11-6-10(14)7-12(8-11)19-3/h6-9,16H,4-5H2,1-3H3,(H,15,17). The number of hydrogen-bond acceptors (Lipinski definition) is 4. The number of hydrogen-bond donors (Lipinski definition) is 2. The fourth-order valence-electron chi connectivity index (χ4n) is 1.51. The van der Waals surface area contributed by atoms with Crippen LogP contribution in [-0.4, -0.2) is 39.3 Å². The minimum Gasteiger partial charge on any atom is -0.497 e. The molecule has 0 aliphatic carbocycles. The topological polar surface area (TPSA) is 59.6 Å². The van der Waals surface area contributed by atoms with E-state index in [1.165, 1.54) is 0 Å². The molecule has 0 saturated carbocycles. The lowest BCUT2D eigenvalue weighted by Crippen LogP contribution is -2.39. The maximum absolute atomic E-state index is 11.8. The zero-order chi connectivity index (χ0) is 14.3. The number of carbonyl (C=O) groups excluding carboxylic acids is 1. The second kappa shape index (κ2) is 8.01. The maximum atomic E-state index is 11.8. The molecule has 1 aromatic rings. The van der Waals surface area contributed by atoms with Crippen LogP contribution >= 0.6 is 15.9 Å². The smallest absolute Gasteiger partial charge is 0.242 e. The van der Waals surface area contributed by atoms with Crippen LogP contribution in [0.1, 0.15) is 6.92 Å². The number of nitrogens with one attached hydrogen (secondary N) is 2. The van der Waals surface area contributed by atoms with E-state index < -0.39 is 0 Å². The quantitative estimate of drug-likeness (QED) is 0.751. The molecule has 2 N–H and O–H groups in total. The maximum Gasteiger partial charge on any atom is 0.242 e. The molecule has 0 bridgehead atoms. The van der Waals surface area contributed by atoms with Crippen LogP contribution in [0.25, 0.3) is 0 Å². The Labute approximate surface area is 121 Å². The molecule has 1 atom stereocenters. The van der Waals surface area contributed by atoms with Crippen molar-refractivity contribution < 1.29 is 14.3 Å². The van der Waals surface area contributed by atoms with Crippen molar-refractivity contribution in [2.24, 2.45) is 0 Å². The Kier molecular flexibility index (Phi) is 6.66. The van der Waals surface area contributed by atoms with Crippen molar-refractivity contribution >= 4 is 27.5 Å². The summed E-state index contributed by atoms with van der Waals surface area (Å²) in [7, 11) is 3.20. The minimum absolute atomic E-state index is 0.0732. The van der Waals surface area contributed by atoms with E-state index in [0.29, 0.717) is 13.2 Å². The van der Waals surface area contributed by atoms with Gasteiger partial charge < -0.3 is 20.1 Å². The Morgan fingerprint density at radius 1 is 1.37 bits per heavy atom. The second-order valence-corrected chi connectivity index (χ2v) is 4.95. The molecule has 106 valence electrons. The molecule has 0 aliphatic rings. The lowest BCUT2D eigenvalue weighted by atomic mass is 10.2. The number of halogens is 1. The van der Waals surface area contributed by atoms with Gasteiger partial charge in [0.05, 0.1) is 13.7 Å². The van der Waals surface area contributed by atoms with Crippen LogP contribution in [0.2, 0.25) is 0 Å². The molecule has 1 rings (SSSR count). The van der Waals surface area contributed by atoms with Crippen molar-refractivity contribution in [1.82, 2.24) is 5.32 Å². The van der Waals surface area contributed by atoms with E-state index in [4.69, 9.17) is 9.47 Å². The van der Waals surface area contributed by atoms with Gasteiger partial charge >= 0.3 is 0 Å².